The van der Waals surface area contributed by atoms with E-state index in [9.17, 15) is 14.7 Å². The van der Waals surface area contributed by atoms with Gasteiger partial charge in [-0.1, -0.05) is 0 Å². The Bertz CT molecular complexity index is 1180. The molecule has 0 aromatic carbocycles. The molecule has 0 saturated carbocycles. The zero-order chi connectivity index (χ0) is 24.8. The molecule has 3 aromatic rings. The number of aromatic nitrogens is 3. The summed E-state index contributed by atoms with van der Waals surface area (Å²) in [4.78, 5) is 39.2. The summed E-state index contributed by atoms with van der Waals surface area (Å²) in [5.74, 6) is 0.0380. The minimum Gasteiger partial charge on any atom is -0.489 e. The van der Waals surface area contributed by atoms with Crippen molar-refractivity contribution in [3.63, 3.8) is 0 Å². The number of piperidine rings is 1. The van der Waals surface area contributed by atoms with Crippen molar-refractivity contribution in [1.29, 1.82) is 0 Å². The fraction of sp³-hybridized carbons (Fsp3) is 0.320. The SMILES string of the molecule is COc1ccc(OC2CCN(c3nc(C(=O)O)c(C(=O)NCc4ccncc4)cc3C)CC2)cn1. The summed E-state index contributed by atoms with van der Waals surface area (Å²) in [7, 11) is 1.56. The molecule has 1 fully saturated rings. The predicted octanol–water partition coefficient (Wildman–Crippen LogP) is 2.86. The summed E-state index contributed by atoms with van der Waals surface area (Å²) in [5, 5.41) is 12.5. The van der Waals surface area contributed by atoms with Gasteiger partial charge in [-0.3, -0.25) is 9.78 Å². The van der Waals surface area contributed by atoms with E-state index in [1.54, 1.807) is 50.0 Å². The second kappa shape index (κ2) is 10.8. The van der Waals surface area contributed by atoms with E-state index in [1.807, 2.05) is 17.9 Å². The van der Waals surface area contributed by atoms with E-state index in [2.05, 4.69) is 20.3 Å². The molecule has 2 N–H and O–H groups in total. The number of nitrogens with zero attached hydrogens (tertiary/aromatic N) is 4. The third-order valence-corrected chi connectivity index (χ3v) is 5.80. The third-order valence-electron chi connectivity index (χ3n) is 5.80. The zero-order valence-corrected chi connectivity index (χ0v) is 19.6. The van der Waals surface area contributed by atoms with Crippen molar-refractivity contribution < 1.29 is 24.2 Å². The van der Waals surface area contributed by atoms with Crippen molar-refractivity contribution >= 4 is 17.7 Å². The maximum atomic E-state index is 12.8. The lowest BCUT2D eigenvalue weighted by Gasteiger charge is -2.34. The first-order valence-corrected chi connectivity index (χ1v) is 11.3. The Balaban J connectivity index is 1.43. The second-order valence-electron chi connectivity index (χ2n) is 8.21. The number of methoxy groups -OCH3 is 1. The van der Waals surface area contributed by atoms with Gasteiger partial charge in [-0.2, -0.15) is 0 Å². The number of anilines is 1. The first kappa shape index (κ1) is 23.9. The van der Waals surface area contributed by atoms with Crippen LogP contribution in [0.25, 0.3) is 0 Å². The molecule has 1 amide bonds. The molecule has 182 valence electrons. The average Bonchev–Trinajstić information content (AvgIpc) is 2.88. The summed E-state index contributed by atoms with van der Waals surface area (Å²) < 4.78 is 11.1. The highest BCUT2D eigenvalue weighted by Crippen LogP contribution is 2.26. The maximum absolute atomic E-state index is 12.8. The van der Waals surface area contributed by atoms with Crippen LogP contribution in [0.15, 0.2) is 48.9 Å². The first-order valence-electron chi connectivity index (χ1n) is 11.3. The van der Waals surface area contributed by atoms with Gasteiger partial charge in [0.1, 0.15) is 17.7 Å². The van der Waals surface area contributed by atoms with Crippen LogP contribution in [0.3, 0.4) is 0 Å². The molecule has 1 saturated heterocycles. The summed E-state index contributed by atoms with van der Waals surface area (Å²) in [6.07, 6.45) is 6.39. The average molecular weight is 478 g/mol. The maximum Gasteiger partial charge on any atom is 0.355 e. The topological polar surface area (TPSA) is 127 Å². The minimum atomic E-state index is -1.24. The van der Waals surface area contributed by atoms with E-state index < -0.39 is 11.9 Å². The molecule has 1 aliphatic heterocycles. The predicted molar refractivity (Wildman–Crippen MR) is 128 cm³/mol. The number of rotatable bonds is 8. The van der Waals surface area contributed by atoms with Crippen molar-refractivity contribution in [2.75, 3.05) is 25.1 Å². The Hall–Kier alpha value is -4.21. The number of aryl methyl sites for hydroxylation is 1. The smallest absolute Gasteiger partial charge is 0.355 e. The lowest BCUT2D eigenvalue weighted by Crippen LogP contribution is -2.39. The van der Waals surface area contributed by atoms with E-state index in [0.29, 0.717) is 30.5 Å². The number of ether oxygens (including phenoxy) is 2. The largest absolute Gasteiger partial charge is 0.489 e. The molecule has 10 heteroatoms. The van der Waals surface area contributed by atoms with Gasteiger partial charge in [0.2, 0.25) is 5.88 Å². The van der Waals surface area contributed by atoms with Gasteiger partial charge in [0.05, 0.1) is 18.9 Å². The number of carbonyl (C=O) groups is 2. The van der Waals surface area contributed by atoms with Crippen LogP contribution >= 0.6 is 0 Å². The van der Waals surface area contributed by atoms with Crippen molar-refractivity contribution in [2.24, 2.45) is 0 Å². The number of hydrogen-bond acceptors (Lipinski definition) is 8. The van der Waals surface area contributed by atoms with Gasteiger partial charge in [0, 0.05) is 50.9 Å². The molecule has 0 aliphatic carbocycles. The summed E-state index contributed by atoms with van der Waals surface area (Å²) in [6.45, 7) is 3.39. The van der Waals surface area contributed by atoms with Crippen molar-refractivity contribution in [2.45, 2.75) is 32.4 Å². The molecular weight excluding hydrogens is 450 g/mol. The van der Waals surface area contributed by atoms with E-state index in [-0.39, 0.29) is 23.9 Å². The number of pyridine rings is 3. The lowest BCUT2D eigenvalue weighted by atomic mass is 10.0. The van der Waals surface area contributed by atoms with Gasteiger partial charge in [-0.05, 0) is 42.3 Å². The van der Waals surface area contributed by atoms with Crippen LogP contribution in [0.5, 0.6) is 11.6 Å². The van der Waals surface area contributed by atoms with Crippen molar-refractivity contribution in [3.8, 4) is 11.6 Å². The molecule has 0 bridgehead atoms. The van der Waals surface area contributed by atoms with Crippen LogP contribution in [-0.4, -0.2) is 58.2 Å². The quantitative estimate of drug-likeness (QED) is 0.503. The van der Waals surface area contributed by atoms with Crippen LogP contribution in [0, 0.1) is 6.92 Å². The highest BCUT2D eigenvalue weighted by Gasteiger charge is 2.26. The molecule has 0 unspecified atom stereocenters. The molecular formula is C25H27N5O5. The second-order valence-corrected chi connectivity index (χ2v) is 8.21. The normalized spacial score (nSPS) is 13.8. The Kier molecular flexibility index (Phi) is 7.39. The number of aromatic carboxylic acids is 1. The Labute approximate surface area is 203 Å². The van der Waals surface area contributed by atoms with Crippen molar-refractivity contribution in [3.05, 3.63) is 71.3 Å². The van der Waals surface area contributed by atoms with Gasteiger partial charge < -0.3 is 24.8 Å². The molecule has 0 spiro atoms. The summed E-state index contributed by atoms with van der Waals surface area (Å²) >= 11 is 0. The zero-order valence-electron chi connectivity index (χ0n) is 19.6. The standard InChI is InChI=1S/C25H27N5O5/c1-16-13-20(24(31)28-14-17-5-9-26-10-6-17)22(25(32)33)29-23(16)30-11-7-18(8-12-30)35-19-3-4-21(34-2)27-15-19/h3-6,9-10,13,15,18H,7-8,11-12,14H2,1-2H3,(H,28,31)(H,32,33). The van der Waals surface area contributed by atoms with E-state index in [1.165, 1.54) is 0 Å². The van der Waals surface area contributed by atoms with Gasteiger partial charge in [0.15, 0.2) is 5.69 Å². The molecule has 0 atom stereocenters. The van der Waals surface area contributed by atoms with Gasteiger partial charge in [-0.25, -0.2) is 14.8 Å². The molecule has 4 heterocycles. The summed E-state index contributed by atoms with van der Waals surface area (Å²) in [6, 6.07) is 8.73. The van der Waals surface area contributed by atoms with E-state index in [4.69, 9.17) is 9.47 Å². The van der Waals surface area contributed by atoms with Crippen LogP contribution in [0.1, 0.15) is 44.8 Å². The molecule has 10 nitrogen and oxygen atoms in total. The highest BCUT2D eigenvalue weighted by molar-refractivity contribution is 6.04. The number of carbonyl (C=O) groups excluding carboxylic acids is 1. The van der Waals surface area contributed by atoms with E-state index in [0.717, 1.165) is 24.0 Å². The Morgan fingerprint density at radius 1 is 1.17 bits per heavy atom. The molecule has 4 rings (SSSR count). The van der Waals surface area contributed by atoms with Gasteiger partial charge in [0.25, 0.3) is 5.91 Å². The van der Waals surface area contributed by atoms with Gasteiger partial charge >= 0.3 is 5.97 Å². The highest BCUT2D eigenvalue weighted by atomic mass is 16.5. The minimum absolute atomic E-state index is 0.0129. The van der Waals surface area contributed by atoms with Crippen LogP contribution in [0.4, 0.5) is 5.82 Å². The molecule has 0 radical (unpaired) electrons. The third kappa shape index (κ3) is 5.84. The fourth-order valence-electron chi connectivity index (χ4n) is 3.97. The van der Waals surface area contributed by atoms with Crippen LogP contribution in [-0.2, 0) is 6.54 Å². The van der Waals surface area contributed by atoms with Crippen LogP contribution in [0.2, 0.25) is 0 Å². The molecule has 3 aromatic heterocycles. The Morgan fingerprint density at radius 3 is 2.54 bits per heavy atom. The number of nitrogens with one attached hydrogen (secondary N) is 1. The first-order chi connectivity index (χ1) is 16.9. The summed E-state index contributed by atoms with van der Waals surface area (Å²) in [5.41, 5.74) is 1.38. The van der Waals surface area contributed by atoms with E-state index >= 15 is 0 Å². The lowest BCUT2D eigenvalue weighted by molar-refractivity contribution is 0.0684. The fourth-order valence-corrected chi connectivity index (χ4v) is 3.97. The molecule has 35 heavy (non-hydrogen) atoms. The molecule has 1 aliphatic rings. The Morgan fingerprint density at radius 2 is 1.91 bits per heavy atom. The van der Waals surface area contributed by atoms with Gasteiger partial charge in [-0.15, -0.1) is 0 Å². The number of carboxylic acids is 1. The monoisotopic (exact) mass is 477 g/mol. The number of carboxylic acid groups (broad SMARTS) is 1. The number of amides is 1. The number of hydrogen-bond donors (Lipinski definition) is 2. The van der Waals surface area contributed by atoms with Crippen molar-refractivity contribution in [1.82, 2.24) is 20.3 Å². The van der Waals surface area contributed by atoms with Crippen LogP contribution < -0.4 is 19.7 Å².